The molecular formula is C45H48N6O6. The van der Waals surface area contributed by atoms with Crippen LogP contribution in [0.15, 0.2) is 91.1 Å². The maximum atomic E-state index is 15.3. The molecule has 5 aromatic rings. The molecule has 3 amide bonds. The molecule has 0 spiro atoms. The number of amides is 3. The number of carbonyl (C=O) groups is 3. The molecule has 5 heterocycles. The van der Waals surface area contributed by atoms with Crippen molar-refractivity contribution in [1.82, 2.24) is 24.2 Å². The van der Waals surface area contributed by atoms with E-state index in [1.165, 1.54) is 10.5 Å². The summed E-state index contributed by atoms with van der Waals surface area (Å²) < 4.78 is 13.7. The Bertz CT molecular complexity index is 2320. The van der Waals surface area contributed by atoms with Crippen LogP contribution in [0.5, 0.6) is 11.5 Å². The third-order valence-electron chi connectivity index (χ3n) is 12.2. The quantitative estimate of drug-likeness (QED) is 0.207. The Kier molecular flexibility index (Phi) is 9.83. The van der Waals surface area contributed by atoms with Crippen LogP contribution in [0.2, 0.25) is 0 Å². The number of piperazine rings is 1. The molecule has 2 saturated heterocycles. The van der Waals surface area contributed by atoms with Crippen LogP contribution in [0.4, 0.5) is 10.5 Å². The Labute approximate surface area is 332 Å². The van der Waals surface area contributed by atoms with Gasteiger partial charge in [-0.1, -0.05) is 60.2 Å². The fourth-order valence-corrected chi connectivity index (χ4v) is 8.97. The minimum Gasteiger partial charge on any atom is -0.465 e. The minimum atomic E-state index is -0.946. The van der Waals surface area contributed by atoms with E-state index in [0.29, 0.717) is 60.8 Å². The number of anilines is 1. The zero-order valence-electron chi connectivity index (χ0n) is 32.5. The Morgan fingerprint density at radius 2 is 1.49 bits per heavy atom. The van der Waals surface area contributed by atoms with E-state index < -0.39 is 6.09 Å². The maximum absolute atomic E-state index is 15.3. The van der Waals surface area contributed by atoms with Gasteiger partial charge >= 0.3 is 6.09 Å². The summed E-state index contributed by atoms with van der Waals surface area (Å²) in [5, 5.41) is 10.4. The zero-order chi connectivity index (χ0) is 39.2. The Morgan fingerprint density at radius 3 is 2.23 bits per heavy atom. The monoisotopic (exact) mass is 768 g/mol. The fraction of sp³-hybridized carbons (Fsp3) is 0.356. The van der Waals surface area contributed by atoms with E-state index >= 15 is 9.59 Å². The summed E-state index contributed by atoms with van der Waals surface area (Å²) >= 11 is 0. The van der Waals surface area contributed by atoms with Crippen LogP contribution in [0, 0.1) is 6.92 Å². The molecule has 0 bridgehead atoms. The maximum Gasteiger partial charge on any atom is 0.407 e. The van der Waals surface area contributed by atoms with Gasteiger partial charge in [-0.3, -0.25) is 14.5 Å². The van der Waals surface area contributed by atoms with Gasteiger partial charge in [0.2, 0.25) is 6.79 Å². The highest BCUT2D eigenvalue weighted by Gasteiger charge is 2.36. The molecule has 1 N–H and O–H groups in total. The van der Waals surface area contributed by atoms with E-state index in [2.05, 4.69) is 35.0 Å². The molecule has 12 heteroatoms. The molecule has 0 aliphatic carbocycles. The van der Waals surface area contributed by atoms with E-state index in [1.54, 1.807) is 6.07 Å². The van der Waals surface area contributed by atoms with Crippen LogP contribution in [0.3, 0.4) is 0 Å². The highest BCUT2D eigenvalue weighted by molar-refractivity contribution is 6.15. The number of piperidine rings is 1. The number of benzene rings is 4. The van der Waals surface area contributed by atoms with Gasteiger partial charge < -0.3 is 38.7 Å². The number of fused-ring (bicyclic) bond motifs is 3. The van der Waals surface area contributed by atoms with Crippen molar-refractivity contribution in [3.05, 3.63) is 119 Å². The van der Waals surface area contributed by atoms with E-state index in [1.807, 2.05) is 88.2 Å². The summed E-state index contributed by atoms with van der Waals surface area (Å²) in [5.41, 5.74) is 6.59. The number of hydrogen-bond donors (Lipinski definition) is 1. The number of ether oxygens (including phenoxy) is 2. The van der Waals surface area contributed by atoms with Crippen LogP contribution in [0.25, 0.3) is 16.6 Å². The summed E-state index contributed by atoms with van der Waals surface area (Å²) in [6.45, 7) is 7.92. The van der Waals surface area contributed by atoms with Crippen molar-refractivity contribution in [2.75, 3.05) is 64.6 Å². The van der Waals surface area contributed by atoms with E-state index in [4.69, 9.17) is 9.47 Å². The van der Waals surface area contributed by atoms with Crippen LogP contribution in [-0.4, -0.2) is 119 Å². The van der Waals surface area contributed by atoms with Gasteiger partial charge in [0.15, 0.2) is 11.5 Å². The second-order valence-electron chi connectivity index (χ2n) is 15.8. The lowest BCUT2D eigenvalue weighted by molar-refractivity contribution is 0.0535. The van der Waals surface area contributed by atoms with Crippen LogP contribution >= 0.6 is 0 Å². The number of aromatic nitrogens is 1. The second kappa shape index (κ2) is 15.2. The number of carbonyl (C=O) groups excluding carboxylic acids is 2. The normalized spacial score (nSPS) is 18.8. The molecule has 4 aliphatic rings. The highest BCUT2D eigenvalue weighted by Crippen LogP contribution is 2.40. The highest BCUT2D eigenvalue weighted by atomic mass is 16.7. The molecule has 1 atom stereocenters. The Balaban J connectivity index is 1.13. The average molecular weight is 769 g/mol. The summed E-state index contributed by atoms with van der Waals surface area (Å²) in [5.74, 6) is 0.767. The third-order valence-corrected chi connectivity index (χ3v) is 12.2. The number of likely N-dealkylation sites (N-methyl/N-ethyl adjacent to an activating group) is 1. The molecule has 0 saturated carbocycles. The van der Waals surface area contributed by atoms with Gasteiger partial charge in [0.25, 0.3) is 11.8 Å². The second-order valence-corrected chi connectivity index (χ2v) is 15.8. The summed E-state index contributed by atoms with van der Waals surface area (Å²) in [6.07, 6.45) is 2.69. The number of likely N-dealkylation sites (tertiary alicyclic amines) is 1. The fourth-order valence-electron chi connectivity index (χ4n) is 8.97. The smallest absolute Gasteiger partial charge is 0.407 e. The number of carboxylic acid groups (broad SMARTS) is 1. The predicted molar refractivity (Wildman–Crippen MR) is 218 cm³/mol. The van der Waals surface area contributed by atoms with Crippen molar-refractivity contribution in [3.8, 4) is 17.2 Å². The van der Waals surface area contributed by atoms with Crippen molar-refractivity contribution in [3.63, 3.8) is 0 Å². The third kappa shape index (κ3) is 7.08. The van der Waals surface area contributed by atoms with Crippen LogP contribution in [0.1, 0.15) is 50.2 Å². The molecule has 9 rings (SSSR count). The first-order chi connectivity index (χ1) is 27.7. The molecule has 1 aromatic heterocycles. The van der Waals surface area contributed by atoms with Gasteiger partial charge in [-0.05, 0) is 68.6 Å². The van der Waals surface area contributed by atoms with Gasteiger partial charge in [-0.2, -0.15) is 0 Å². The van der Waals surface area contributed by atoms with Gasteiger partial charge in [0, 0.05) is 87.8 Å². The molecular weight excluding hydrogens is 721 g/mol. The van der Waals surface area contributed by atoms with Crippen molar-refractivity contribution in [2.24, 2.45) is 0 Å². The summed E-state index contributed by atoms with van der Waals surface area (Å²) in [4.78, 5) is 52.2. The molecule has 57 heavy (non-hydrogen) atoms. The Hall–Kier alpha value is -5.85. The number of para-hydroxylation sites is 1. The summed E-state index contributed by atoms with van der Waals surface area (Å²) in [7, 11) is 2.15. The molecule has 0 radical (unpaired) electrons. The number of nitrogens with zero attached hydrogens (tertiary/aromatic N) is 6. The average Bonchev–Trinajstić information content (AvgIpc) is 3.86. The van der Waals surface area contributed by atoms with Crippen LogP contribution < -0.4 is 14.4 Å². The molecule has 294 valence electrons. The van der Waals surface area contributed by atoms with E-state index in [-0.39, 0.29) is 30.7 Å². The van der Waals surface area contributed by atoms with Gasteiger partial charge in [0.1, 0.15) is 0 Å². The van der Waals surface area contributed by atoms with Crippen LogP contribution in [-0.2, 0) is 13.0 Å². The minimum absolute atomic E-state index is 0.0387. The first kappa shape index (κ1) is 36.8. The lowest BCUT2D eigenvalue weighted by Crippen LogP contribution is -2.53. The number of aryl methyl sites for hydroxylation is 1. The largest absolute Gasteiger partial charge is 0.465 e. The van der Waals surface area contributed by atoms with Gasteiger partial charge in [-0.25, -0.2) is 4.79 Å². The lowest BCUT2D eigenvalue weighted by atomic mass is 9.92. The van der Waals surface area contributed by atoms with Crippen molar-refractivity contribution in [2.45, 2.75) is 44.8 Å². The zero-order valence-corrected chi connectivity index (χ0v) is 32.5. The number of rotatable bonds is 7. The van der Waals surface area contributed by atoms with Gasteiger partial charge in [0.05, 0.1) is 22.3 Å². The summed E-state index contributed by atoms with van der Waals surface area (Å²) in [6, 6.07) is 27.5. The predicted octanol–water partition coefficient (Wildman–Crippen LogP) is 6.27. The van der Waals surface area contributed by atoms with E-state index in [9.17, 15) is 9.90 Å². The molecule has 0 unspecified atom stereocenters. The number of hydrogen-bond acceptors (Lipinski definition) is 7. The molecule has 4 aliphatic heterocycles. The first-order valence-electron chi connectivity index (χ1n) is 19.9. The van der Waals surface area contributed by atoms with Crippen molar-refractivity contribution in [1.29, 1.82) is 0 Å². The first-order valence-corrected chi connectivity index (χ1v) is 19.9. The lowest BCUT2D eigenvalue weighted by Gasteiger charge is -2.41. The van der Waals surface area contributed by atoms with Crippen molar-refractivity contribution < 1.29 is 29.0 Å². The topological polar surface area (TPSA) is 111 Å². The van der Waals surface area contributed by atoms with Gasteiger partial charge in [-0.15, -0.1) is 0 Å². The van der Waals surface area contributed by atoms with E-state index in [0.717, 1.165) is 66.9 Å². The SMILES string of the molecule is Cc1ccc(N(C(=O)c2cn(-c3cc4c(cc3C(=O)N3Cc5ccccc5C[C@H]3CN3CCN(C)CC3)OCO4)c3ccccc23)C2CCN(C(=O)O)CC2)cc1. The molecule has 12 nitrogen and oxygen atoms in total. The standard InChI is InChI=1S/C45H48N6O6/c1-30-11-13-33(14-12-30)51(34-15-17-48(18-16-34)45(54)55)44(53)38-28-50(39-10-6-5-9-36(38)39)40-25-42-41(56-29-57-42)24-37(40)43(52)49-26-32-8-4-3-7-31(32)23-35(49)27-47-21-19-46(2)20-22-47/h3-14,24-25,28,34-35H,15-23,26-27,29H2,1-2H3,(H,54,55)/t35-/m0/s1. The molecule has 4 aromatic carbocycles. The Morgan fingerprint density at radius 1 is 0.807 bits per heavy atom. The van der Waals surface area contributed by atoms with Crippen molar-refractivity contribution >= 4 is 34.5 Å². The molecule has 2 fully saturated rings.